The SMILES string of the molecule is O=C(CCCl)N1CCC[C@@H](CF)C1. The van der Waals surface area contributed by atoms with Gasteiger partial charge in [-0.1, -0.05) is 0 Å². The molecule has 0 aromatic carbocycles. The molecule has 1 heterocycles. The zero-order chi connectivity index (χ0) is 9.68. The largest absolute Gasteiger partial charge is 0.342 e. The predicted molar refractivity (Wildman–Crippen MR) is 50.6 cm³/mol. The maximum Gasteiger partial charge on any atom is 0.223 e. The van der Waals surface area contributed by atoms with Gasteiger partial charge in [0.1, 0.15) is 0 Å². The van der Waals surface area contributed by atoms with E-state index in [1.54, 1.807) is 4.90 Å². The first-order chi connectivity index (χ1) is 6.27. The monoisotopic (exact) mass is 207 g/mol. The third-order valence-corrected chi connectivity index (χ3v) is 2.59. The second-order valence-corrected chi connectivity index (χ2v) is 3.82. The third-order valence-electron chi connectivity index (χ3n) is 2.40. The molecule has 1 aliphatic rings. The van der Waals surface area contributed by atoms with Gasteiger partial charge < -0.3 is 4.90 Å². The van der Waals surface area contributed by atoms with E-state index in [9.17, 15) is 9.18 Å². The van der Waals surface area contributed by atoms with Crippen molar-refractivity contribution >= 4 is 17.5 Å². The first-order valence-corrected chi connectivity index (χ1v) is 5.21. The van der Waals surface area contributed by atoms with E-state index in [4.69, 9.17) is 11.6 Å². The average molecular weight is 208 g/mol. The lowest BCUT2D eigenvalue weighted by atomic mass is 9.99. The fraction of sp³-hybridized carbons (Fsp3) is 0.889. The number of hydrogen-bond donors (Lipinski definition) is 0. The molecule has 0 saturated carbocycles. The second kappa shape index (κ2) is 5.43. The predicted octanol–water partition coefficient (Wildman–Crippen LogP) is 1.82. The molecule has 1 fully saturated rings. The van der Waals surface area contributed by atoms with Crippen LogP contribution in [0.15, 0.2) is 0 Å². The molecule has 13 heavy (non-hydrogen) atoms. The quantitative estimate of drug-likeness (QED) is 0.647. The molecular formula is C9H15ClFNO. The Bertz CT molecular complexity index is 177. The molecule has 0 N–H and O–H groups in total. The Labute approximate surface area is 83.0 Å². The molecule has 0 aromatic heterocycles. The minimum atomic E-state index is -0.315. The van der Waals surface area contributed by atoms with Crippen molar-refractivity contribution < 1.29 is 9.18 Å². The van der Waals surface area contributed by atoms with Crippen LogP contribution in [0.4, 0.5) is 4.39 Å². The third kappa shape index (κ3) is 3.14. The summed E-state index contributed by atoms with van der Waals surface area (Å²) in [5, 5.41) is 0. The second-order valence-electron chi connectivity index (χ2n) is 3.44. The zero-order valence-electron chi connectivity index (χ0n) is 7.64. The van der Waals surface area contributed by atoms with Crippen LogP contribution in [-0.4, -0.2) is 36.5 Å². The van der Waals surface area contributed by atoms with Gasteiger partial charge >= 0.3 is 0 Å². The normalized spacial score (nSPS) is 23.2. The molecule has 0 unspecified atom stereocenters. The maximum atomic E-state index is 12.3. The average Bonchev–Trinajstić information content (AvgIpc) is 2.18. The first-order valence-electron chi connectivity index (χ1n) is 4.67. The molecule has 2 nitrogen and oxygen atoms in total. The van der Waals surface area contributed by atoms with Crippen LogP contribution >= 0.6 is 11.6 Å². The molecule has 0 spiro atoms. The first kappa shape index (κ1) is 10.8. The lowest BCUT2D eigenvalue weighted by molar-refractivity contribution is -0.132. The molecule has 1 amide bonds. The number of nitrogens with zero attached hydrogens (tertiary/aromatic N) is 1. The van der Waals surface area contributed by atoms with Gasteiger partial charge in [0.05, 0.1) is 6.67 Å². The van der Waals surface area contributed by atoms with Crippen LogP contribution in [0.25, 0.3) is 0 Å². The van der Waals surface area contributed by atoms with Crippen LogP contribution in [0.3, 0.4) is 0 Å². The van der Waals surface area contributed by atoms with Crippen LogP contribution in [-0.2, 0) is 4.79 Å². The highest BCUT2D eigenvalue weighted by Crippen LogP contribution is 2.17. The number of amides is 1. The number of carbonyl (C=O) groups is 1. The van der Waals surface area contributed by atoms with Gasteiger partial charge in [-0.3, -0.25) is 9.18 Å². The van der Waals surface area contributed by atoms with Crippen LogP contribution in [0.2, 0.25) is 0 Å². The summed E-state index contributed by atoms with van der Waals surface area (Å²) < 4.78 is 12.3. The van der Waals surface area contributed by atoms with Gasteiger partial charge in [-0.15, -0.1) is 11.6 Å². The van der Waals surface area contributed by atoms with Gasteiger partial charge in [0, 0.05) is 31.3 Å². The molecule has 4 heteroatoms. The van der Waals surface area contributed by atoms with E-state index in [1.165, 1.54) is 0 Å². The topological polar surface area (TPSA) is 20.3 Å². The number of likely N-dealkylation sites (tertiary alicyclic amines) is 1. The summed E-state index contributed by atoms with van der Waals surface area (Å²) in [6.07, 6.45) is 2.20. The summed E-state index contributed by atoms with van der Waals surface area (Å²) in [5.74, 6) is 0.469. The summed E-state index contributed by atoms with van der Waals surface area (Å²) in [6.45, 7) is 1.03. The highest BCUT2D eigenvalue weighted by Gasteiger charge is 2.22. The maximum absolute atomic E-state index is 12.3. The summed E-state index contributed by atoms with van der Waals surface area (Å²) in [5.41, 5.74) is 0. The Morgan fingerprint density at radius 1 is 1.62 bits per heavy atom. The number of piperidine rings is 1. The Kier molecular flexibility index (Phi) is 4.50. The Balaban J connectivity index is 2.37. The summed E-state index contributed by atoms with van der Waals surface area (Å²) in [7, 11) is 0. The van der Waals surface area contributed by atoms with Crippen LogP contribution in [0, 0.1) is 5.92 Å². The van der Waals surface area contributed by atoms with Crippen molar-refractivity contribution in [2.75, 3.05) is 25.6 Å². The lowest BCUT2D eigenvalue weighted by Gasteiger charge is -2.31. The molecule has 76 valence electrons. The van der Waals surface area contributed by atoms with Gasteiger partial charge in [-0.05, 0) is 12.8 Å². The van der Waals surface area contributed by atoms with Crippen molar-refractivity contribution in [1.29, 1.82) is 0 Å². The summed E-state index contributed by atoms with van der Waals surface area (Å²) in [6, 6.07) is 0. The number of hydrogen-bond acceptors (Lipinski definition) is 1. The van der Waals surface area contributed by atoms with Crippen LogP contribution < -0.4 is 0 Å². The number of rotatable bonds is 3. The molecular weight excluding hydrogens is 193 g/mol. The number of carbonyl (C=O) groups excluding carboxylic acids is 1. The standard InChI is InChI=1S/C9H15ClFNO/c10-4-3-9(13)12-5-1-2-8(6-11)7-12/h8H,1-7H2/t8-/m0/s1. The van der Waals surface area contributed by atoms with Gasteiger partial charge in [0.15, 0.2) is 0 Å². The van der Waals surface area contributed by atoms with Crippen LogP contribution in [0.1, 0.15) is 19.3 Å². The Morgan fingerprint density at radius 2 is 2.38 bits per heavy atom. The zero-order valence-corrected chi connectivity index (χ0v) is 8.39. The highest BCUT2D eigenvalue weighted by atomic mass is 35.5. The highest BCUT2D eigenvalue weighted by molar-refractivity contribution is 6.18. The molecule has 1 atom stereocenters. The minimum Gasteiger partial charge on any atom is -0.342 e. The molecule has 0 radical (unpaired) electrons. The van der Waals surface area contributed by atoms with E-state index >= 15 is 0 Å². The van der Waals surface area contributed by atoms with E-state index < -0.39 is 0 Å². The number of alkyl halides is 2. The van der Waals surface area contributed by atoms with Crippen molar-refractivity contribution in [3.8, 4) is 0 Å². The molecule has 0 bridgehead atoms. The van der Waals surface area contributed by atoms with Gasteiger partial charge in [-0.2, -0.15) is 0 Å². The Morgan fingerprint density at radius 3 is 3.00 bits per heavy atom. The van der Waals surface area contributed by atoms with Crippen LogP contribution in [0.5, 0.6) is 0 Å². The van der Waals surface area contributed by atoms with E-state index in [2.05, 4.69) is 0 Å². The van der Waals surface area contributed by atoms with Crippen molar-refractivity contribution in [2.45, 2.75) is 19.3 Å². The molecule has 1 rings (SSSR count). The van der Waals surface area contributed by atoms with E-state index in [1.807, 2.05) is 0 Å². The molecule has 0 aliphatic carbocycles. The van der Waals surface area contributed by atoms with E-state index in [0.717, 1.165) is 19.4 Å². The summed E-state index contributed by atoms with van der Waals surface area (Å²) in [4.78, 5) is 13.1. The molecule has 0 aromatic rings. The minimum absolute atomic E-state index is 0.0491. The van der Waals surface area contributed by atoms with Gasteiger partial charge in [0.2, 0.25) is 5.91 Å². The van der Waals surface area contributed by atoms with E-state index in [0.29, 0.717) is 18.8 Å². The van der Waals surface area contributed by atoms with Crippen molar-refractivity contribution in [1.82, 2.24) is 4.90 Å². The molecule has 1 saturated heterocycles. The van der Waals surface area contributed by atoms with Crippen molar-refractivity contribution in [3.05, 3.63) is 0 Å². The summed E-state index contributed by atoms with van der Waals surface area (Å²) >= 11 is 5.46. The fourth-order valence-electron chi connectivity index (χ4n) is 1.66. The molecule has 1 aliphatic heterocycles. The smallest absolute Gasteiger partial charge is 0.223 e. The Hall–Kier alpha value is -0.310. The van der Waals surface area contributed by atoms with E-state index in [-0.39, 0.29) is 18.5 Å². The lowest BCUT2D eigenvalue weighted by Crippen LogP contribution is -2.40. The van der Waals surface area contributed by atoms with Crippen molar-refractivity contribution in [3.63, 3.8) is 0 Å². The van der Waals surface area contributed by atoms with Gasteiger partial charge in [0.25, 0.3) is 0 Å². The fourth-order valence-corrected chi connectivity index (χ4v) is 1.82. The van der Waals surface area contributed by atoms with Gasteiger partial charge in [-0.25, -0.2) is 0 Å². The number of halogens is 2. The van der Waals surface area contributed by atoms with Crippen molar-refractivity contribution in [2.24, 2.45) is 5.92 Å².